The van der Waals surface area contributed by atoms with Crippen molar-refractivity contribution in [2.24, 2.45) is 0 Å². The highest BCUT2D eigenvalue weighted by molar-refractivity contribution is 6.31. The number of amides is 2. The van der Waals surface area contributed by atoms with Gasteiger partial charge in [-0.3, -0.25) is 9.59 Å². The molecule has 0 fully saturated rings. The fourth-order valence-electron chi connectivity index (χ4n) is 3.41. The van der Waals surface area contributed by atoms with E-state index >= 15 is 0 Å². The molecule has 4 nitrogen and oxygen atoms in total. The zero-order valence-corrected chi connectivity index (χ0v) is 17.7. The van der Waals surface area contributed by atoms with E-state index in [9.17, 15) is 9.59 Å². The number of carbonyl (C=O) groups is 2. The lowest BCUT2D eigenvalue weighted by molar-refractivity contribution is -0.140. The third kappa shape index (κ3) is 5.71. The highest BCUT2D eigenvalue weighted by atomic mass is 35.5. The summed E-state index contributed by atoms with van der Waals surface area (Å²) < 4.78 is 0. The number of nitrogens with zero attached hydrogens (tertiary/aromatic N) is 1. The summed E-state index contributed by atoms with van der Waals surface area (Å²) in [6.07, 6.45) is 0.566. The van der Waals surface area contributed by atoms with Gasteiger partial charge in [-0.2, -0.15) is 0 Å². The van der Waals surface area contributed by atoms with Crippen LogP contribution in [0.2, 0.25) is 5.02 Å². The molecule has 1 atom stereocenters. The molecular weight excluding hydrogens is 396 g/mol. The monoisotopic (exact) mass is 420 g/mol. The molecule has 0 spiro atoms. The first-order valence-electron chi connectivity index (χ1n) is 9.91. The number of hydrogen-bond donors (Lipinski definition) is 1. The second-order valence-electron chi connectivity index (χ2n) is 7.10. The van der Waals surface area contributed by atoms with E-state index in [-0.39, 0.29) is 18.2 Å². The summed E-state index contributed by atoms with van der Waals surface area (Å²) in [4.78, 5) is 27.9. The second-order valence-corrected chi connectivity index (χ2v) is 7.50. The third-order valence-electron chi connectivity index (χ3n) is 5.01. The molecule has 2 amide bonds. The number of halogens is 1. The van der Waals surface area contributed by atoms with E-state index in [1.165, 1.54) is 0 Å². The Hall–Kier alpha value is -3.11. The normalized spacial score (nSPS) is 11.5. The van der Waals surface area contributed by atoms with E-state index in [2.05, 4.69) is 5.32 Å². The first-order chi connectivity index (χ1) is 14.6. The van der Waals surface area contributed by atoms with Gasteiger partial charge in [0.05, 0.1) is 6.42 Å². The minimum atomic E-state index is -0.632. The van der Waals surface area contributed by atoms with Crippen molar-refractivity contribution in [1.82, 2.24) is 10.2 Å². The molecule has 0 heterocycles. The van der Waals surface area contributed by atoms with E-state index in [1.807, 2.05) is 78.9 Å². The Morgan fingerprint density at radius 2 is 1.43 bits per heavy atom. The molecule has 154 valence electrons. The SMILES string of the molecule is CNC(=O)[C@H](Cc1ccccc1)N(Cc1ccccc1)C(=O)Cc1ccccc1Cl. The van der Waals surface area contributed by atoms with Gasteiger partial charge in [0, 0.05) is 25.0 Å². The summed E-state index contributed by atoms with van der Waals surface area (Å²) in [7, 11) is 1.60. The molecule has 0 aliphatic carbocycles. The number of hydrogen-bond acceptors (Lipinski definition) is 2. The van der Waals surface area contributed by atoms with Gasteiger partial charge in [0.15, 0.2) is 0 Å². The molecule has 0 aromatic heterocycles. The molecule has 0 radical (unpaired) electrons. The van der Waals surface area contributed by atoms with Gasteiger partial charge >= 0.3 is 0 Å². The van der Waals surface area contributed by atoms with Gasteiger partial charge in [0.25, 0.3) is 0 Å². The maximum atomic E-state index is 13.4. The molecule has 0 unspecified atom stereocenters. The highest BCUT2D eigenvalue weighted by Gasteiger charge is 2.30. The van der Waals surface area contributed by atoms with Crippen LogP contribution in [-0.4, -0.2) is 29.8 Å². The number of benzene rings is 3. The summed E-state index contributed by atoms with van der Waals surface area (Å²) in [5.74, 6) is -0.334. The van der Waals surface area contributed by atoms with Crippen molar-refractivity contribution in [2.75, 3.05) is 7.05 Å². The highest BCUT2D eigenvalue weighted by Crippen LogP contribution is 2.20. The van der Waals surface area contributed by atoms with E-state index in [0.717, 1.165) is 16.7 Å². The Bertz CT molecular complexity index is 977. The second kappa shape index (κ2) is 10.6. The van der Waals surface area contributed by atoms with Gasteiger partial charge in [-0.25, -0.2) is 0 Å². The van der Waals surface area contributed by atoms with Crippen LogP contribution in [0.25, 0.3) is 0 Å². The Kier molecular flexibility index (Phi) is 7.63. The van der Waals surface area contributed by atoms with Gasteiger partial charge in [0.2, 0.25) is 11.8 Å². The Morgan fingerprint density at radius 1 is 0.867 bits per heavy atom. The molecule has 5 heteroatoms. The van der Waals surface area contributed by atoms with Gasteiger partial charge in [-0.05, 0) is 22.8 Å². The van der Waals surface area contributed by atoms with Gasteiger partial charge in [-0.1, -0.05) is 90.5 Å². The third-order valence-corrected chi connectivity index (χ3v) is 5.38. The summed E-state index contributed by atoms with van der Waals surface area (Å²) in [6, 6.07) is 26.1. The van der Waals surface area contributed by atoms with Gasteiger partial charge in [0.1, 0.15) is 6.04 Å². The molecule has 0 saturated heterocycles. The largest absolute Gasteiger partial charge is 0.357 e. The molecular formula is C25H25ClN2O2. The standard InChI is InChI=1S/C25H25ClN2O2/c1-27-25(30)23(16-19-10-4-2-5-11-19)28(18-20-12-6-3-7-13-20)24(29)17-21-14-8-9-15-22(21)26/h2-15,23H,16-18H2,1H3,(H,27,30)/t23-/m0/s1. The van der Waals surface area contributed by atoms with Gasteiger partial charge < -0.3 is 10.2 Å². The maximum Gasteiger partial charge on any atom is 0.242 e. The van der Waals surface area contributed by atoms with Crippen LogP contribution in [0.5, 0.6) is 0 Å². The molecule has 3 aromatic rings. The van der Waals surface area contributed by atoms with Crippen LogP contribution in [0.1, 0.15) is 16.7 Å². The summed E-state index contributed by atoms with van der Waals surface area (Å²) in [5.41, 5.74) is 2.71. The average Bonchev–Trinajstić information content (AvgIpc) is 2.78. The minimum Gasteiger partial charge on any atom is -0.357 e. The maximum absolute atomic E-state index is 13.4. The van der Waals surface area contributed by atoms with Crippen LogP contribution in [0.4, 0.5) is 0 Å². The summed E-state index contributed by atoms with van der Waals surface area (Å²) in [6.45, 7) is 0.342. The van der Waals surface area contributed by atoms with E-state index < -0.39 is 6.04 Å². The summed E-state index contributed by atoms with van der Waals surface area (Å²) in [5, 5.41) is 3.27. The van der Waals surface area contributed by atoms with Crippen molar-refractivity contribution in [3.8, 4) is 0 Å². The fraction of sp³-hybridized carbons (Fsp3) is 0.200. The number of likely N-dealkylation sites (N-methyl/N-ethyl adjacent to an activating group) is 1. The molecule has 1 N–H and O–H groups in total. The van der Waals surface area contributed by atoms with Crippen molar-refractivity contribution >= 4 is 23.4 Å². The first kappa shape index (κ1) is 21.6. The number of rotatable bonds is 8. The fourth-order valence-corrected chi connectivity index (χ4v) is 3.61. The topological polar surface area (TPSA) is 49.4 Å². The molecule has 3 rings (SSSR count). The first-order valence-corrected chi connectivity index (χ1v) is 10.3. The lowest BCUT2D eigenvalue weighted by Crippen LogP contribution is -2.50. The number of carbonyl (C=O) groups excluding carboxylic acids is 2. The van der Waals surface area contributed by atoms with Crippen LogP contribution in [0.15, 0.2) is 84.9 Å². The molecule has 0 bridgehead atoms. The van der Waals surface area contributed by atoms with Crippen molar-refractivity contribution in [2.45, 2.75) is 25.4 Å². The molecule has 0 saturated carbocycles. The lowest BCUT2D eigenvalue weighted by Gasteiger charge is -2.31. The van der Waals surface area contributed by atoms with E-state index in [4.69, 9.17) is 11.6 Å². The lowest BCUT2D eigenvalue weighted by atomic mass is 10.0. The quantitative estimate of drug-likeness (QED) is 0.591. The van der Waals surface area contributed by atoms with Crippen LogP contribution in [0.3, 0.4) is 0 Å². The predicted octanol–water partition coefficient (Wildman–Crippen LogP) is 4.27. The Morgan fingerprint density at radius 3 is 2.03 bits per heavy atom. The zero-order valence-electron chi connectivity index (χ0n) is 16.9. The van der Waals surface area contributed by atoms with Crippen LogP contribution in [0, 0.1) is 0 Å². The predicted molar refractivity (Wildman–Crippen MR) is 120 cm³/mol. The van der Waals surface area contributed by atoms with Crippen molar-refractivity contribution in [1.29, 1.82) is 0 Å². The van der Waals surface area contributed by atoms with Crippen LogP contribution >= 0.6 is 11.6 Å². The van der Waals surface area contributed by atoms with Crippen LogP contribution < -0.4 is 5.32 Å². The summed E-state index contributed by atoms with van der Waals surface area (Å²) >= 11 is 6.28. The Balaban J connectivity index is 1.93. The van der Waals surface area contributed by atoms with Crippen LogP contribution in [-0.2, 0) is 29.0 Å². The van der Waals surface area contributed by atoms with Gasteiger partial charge in [-0.15, -0.1) is 0 Å². The van der Waals surface area contributed by atoms with E-state index in [0.29, 0.717) is 18.0 Å². The average molecular weight is 421 g/mol. The molecule has 3 aromatic carbocycles. The molecule has 0 aliphatic heterocycles. The molecule has 0 aliphatic rings. The zero-order chi connectivity index (χ0) is 21.3. The van der Waals surface area contributed by atoms with Crippen molar-refractivity contribution in [3.05, 3.63) is 107 Å². The smallest absolute Gasteiger partial charge is 0.242 e. The number of nitrogens with one attached hydrogen (secondary N) is 1. The van der Waals surface area contributed by atoms with Crippen molar-refractivity contribution in [3.63, 3.8) is 0 Å². The Labute approximate surface area is 182 Å². The van der Waals surface area contributed by atoms with Crippen molar-refractivity contribution < 1.29 is 9.59 Å². The molecule has 30 heavy (non-hydrogen) atoms. The minimum absolute atomic E-state index is 0.134. The van der Waals surface area contributed by atoms with E-state index in [1.54, 1.807) is 18.0 Å².